The fourth-order valence-electron chi connectivity index (χ4n) is 2.39. The molecule has 5 heteroatoms. The summed E-state index contributed by atoms with van der Waals surface area (Å²) < 4.78 is 5.68. The Morgan fingerprint density at radius 2 is 1.93 bits per heavy atom. The molecule has 0 aromatic heterocycles. The van der Waals surface area contributed by atoms with E-state index in [0.717, 1.165) is 35.6 Å². The Balaban J connectivity index is 1.96. The van der Waals surface area contributed by atoms with Crippen molar-refractivity contribution >= 4 is 23.4 Å². The molecular formula is C22H26N2O2S. The standard InChI is InChI=1S/C22H26N2O2S/c1-3-4-7-14-26-19-12-10-18(11-13-19)22(25)24-20-8-5-6-9-21(20)27-16-17(2)15-23/h5-6,8-13,17H,3-4,7,14,16H2,1-2H3,(H,24,25). The number of carbonyl (C=O) groups is 1. The van der Waals surface area contributed by atoms with Crippen LogP contribution in [0.2, 0.25) is 0 Å². The zero-order chi connectivity index (χ0) is 19.5. The third-order valence-electron chi connectivity index (χ3n) is 3.98. The number of thioether (sulfide) groups is 1. The zero-order valence-electron chi connectivity index (χ0n) is 15.9. The Hall–Kier alpha value is -2.45. The lowest BCUT2D eigenvalue weighted by Gasteiger charge is -2.12. The second-order valence-corrected chi connectivity index (χ2v) is 7.43. The quantitative estimate of drug-likeness (QED) is 0.419. The highest BCUT2D eigenvalue weighted by molar-refractivity contribution is 7.99. The van der Waals surface area contributed by atoms with Crippen molar-refractivity contribution in [2.24, 2.45) is 5.92 Å². The molecule has 4 nitrogen and oxygen atoms in total. The smallest absolute Gasteiger partial charge is 0.255 e. The Kier molecular flexibility index (Phi) is 8.73. The zero-order valence-corrected chi connectivity index (χ0v) is 16.7. The van der Waals surface area contributed by atoms with E-state index < -0.39 is 0 Å². The minimum atomic E-state index is -0.158. The second-order valence-electron chi connectivity index (χ2n) is 6.37. The molecule has 0 fully saturated rings. The number of ether oxygens (including phenoxy) is 1. The second kappa shape index (κ2) is 11.3. The van der Waals surface area contributed by atoms with Gasteiger partial charge in [-0.2, -0.15) is 5.26 Å². The third-order valence-corrected chi connectivity index (χ3v) is 5.31. The number of hydrogen-bond donors (Lipinski definition) is 1. The lowest BCUT2D eigenvalue weighted by atomic mass is 10.2. The van der Waals surface area contributed by atoms with Gasteiger partial charge in [0.15, 0.2) is 0 Å². The summed E-state index contributed by atoms with van der Waals surface area (Å²) in [4.78, 5) is 13.5. The van der Waals surface area contributed by atoms with E-state index >= 15 is 0 Å². The average Bonchev–Trinajstić information content (AvgIpc) is 2.70. The summed E-state index contributed by atoms with van der Waals surface area (Å²) in [7, 11) is 0. The van der Waals surface area contributed by atoms with Gasteiger partial charge in [-0.3, -0.25) is 4.79 Å². The molecule has 0 radical (unpaired) electrons. The topological polar surface area (TPSA) is 62.1 Å². The average molecular weight is 383 g/mol. The number of nitriles is 1. The predicted octanol–water partition coefficient (Wildman–Crippen LogP) is 5.76. The molecule has 0 spiro atoms. The Morgan fingerprint density at radius 3 is 2.63 bits per heavy atom. The van der Waals surface area contributed by atoms with Crippen molar-refractivity contribution in [3.05, 3.63) is 54.1 Å². The molecule has 2 aromatic rings. The molecule has 0 aliphatic heterocycles. The van der Waals surface area contributed by atoms with Crippen LogP contribution in [-0.4, -0.2) is 18.3 Å². The highest BCUT2D eigenvalue weighted by Gasteiger charge is 2.11. The molecule has 1 atom stereocenters. The summed E-state index contributed by atoms with van der Waals surface area (Å²) in [5.41, 5.74) is 1.35. The molecule has 2 aromatic carbocycles. The van der Waals surface area contributed by atoms with Crippen LogP contribution < -0.4 is 10.1 Å². The molecule has 0 aliphatic rings. The fourth-order valence-corrected chi connectivity index (χ4v) is 3.34. The van der Waals surface area contributed by atoms with E-state index in [1.807, 2.05) is 43.3 Å². The van der Waals surface area contributed by atoms with Gasteiger partial charge in [0.2, 0.25) is 0 Å². The van der Waals surface area contributed by atoms with Gasteiger partial charge in [0.1, 0.15) is 5.75 Å². The van der Waals surface area contributed by atoms with Gasteiger partial charge in [0, 0.05) is 16.2 Å². The molecule has 1 N–H and O–H groups in total. The molecule has 0 bridgehead atoms. The van der Waals surface area contributed by atoms with Crippen molar-refractivity contribution in [2.45, 2.75) is 38.0 Å². The number of benzene rings is 2. The molecule has 27 heavy (non-hydrogen) atoms. The summed E-state index contributed by atoms with van der Waals surface area (Å²) in [6.07, 6.45) is 3.36. The third kappa shape index (κ3) is 6.99. The summed E-state index contributed by atoms with van der Waals surface area (Å²) >= 11 is 1.58. The van der Waals surface area contributed by atoms with E-state index in [-0.39, 0.29) is 11.8 Å². The van der Waals surface area contributed by atoms with Crippen molar-refractivity contribution in [3.8, 4) is 11.8 Å². The van der Waals surface area contributed by atoms with Gasteiger partial charge in [-0.25, -0.2) is 0 Å². The molecule has 0 saturated carbocycles. The summed E-state index contributed by atoms with van der Waals surface area (Å²) in [5.74, 6) is 1.27. The van der Waals surface area contributed by atoms with Gasteiger partial charge >= 0.3 is 0 Å². The van der Waals surface area contributed by atoms with Crippen molar-refractivity contribution in [2.75, 3.05) is 17.7 Å². The molecule has 1 unspecified atom stereocenters. The lowest BCUT2D eigenvalue weighted by Crippen LogP contribution is -2.12. The van der Waals surface area contributed by atoms with Gasteiger partial charge in [-0.05, 0) is 49.7 Å². The number of amides is 1. The molecule has 0 aliphatic carbocycles. The van der Waals surface area contributed by atoms with Crippen LogP contribution in [0.3, 0.4) is 0 Å². The van der Waals surface area contributed by atoms with Crippen molar-refractivity contribution in [1.29, 1.82) is 5.26 Å². The van der Waals surface area contributed by atoms with Gasteiger partial charge in [-0.15, -0.1) is 11.8 Å². The Morgan fingerprint density at radius 1 is 1.19 bits per heavy atom. The number of nitrogens with zero attached hydrogens (tertiary/aromatic N) is 1. The van der Waals surface area contributed by atoms with Crippen LogP contribution in [0.25, 0.3) is 0 Å². The number of carbonyl (C=O) groups excluding carboxylic acids is 1. The number of nitrogens with one attached hydrogen (secondary N) is 1. The largest absolute Gasteiger partial charge is 0.494 e. The van der Waals surface area contributed by atoms with Crippen molar-refractivity contribution in [1.82, 2.24) is 0 Å². The van der Waals surface area contributed by atoms with Crippen LogP contribution in [0, 0.1) is 17.2 Å². The van der Waals surface area contributed by atoms with Gasteiger partial charge in [-0.1, -0.05) is 31.9 Å². The van der Waals surface area contributed by atoms with Crippen LogP contribution in [0.4, 0.5) is 5.69 Å². The van der Waals surface area contributed by atoms with Crippen molar-refractivity contribution < 1.29 is 9.53 Å². The van der Waals surface area contributed by atoms with Gasteiger partial charge < -0.3 is 10.1 Å². The Labute approximate surface area is 165 Å². The van der Waals surface area contributed by atoms with Crippen LogP contribution in [-0.2, 0) is 0 Å². The van der Waals surface area contributed by atoms with Crippen LogP contribution >= 0.6 is 11.8 Å². The van der Waals surface area contributed by atoms with Gasteiger partial charge in [0.25, 0.3) is 5.91 Å². The first-order valence-corrected chi connectivity index (χ1v) is 10.3. The number of hydrogen-bond acceptors (Lipinski definition) is 4. The van der Waals surface area contributed by atoms with Crippen LogP contribution in [0.1, 0.15) is 43.5 Å². The van der Waals surface area contributed by atoms with Gasteiger partial charge in [0.05, 0.1) is 24.3 Å². The SMILES string of the molecule is CCCCCOc1ccc(C(=O)Nc2ccccc2SCC(C)C#N)cc1. The van der Waals surface area contributed by atoms with Crippen LogP contribution in [0.15, 0.2) is 53.4 Å². The minimum absolute atomic E-state index is 0.0383. The molecular weight excluding hydrogens is 356 g/mol. The van der Waals surface area contributed by atoms with Crippen LogP contribution in [0.5, 0.6) is 5.75 Å². The maximum Gasteiger partial charge on any atom is 0.255 e. The molecule has 2 rings (SSSR count). The van der Waals surface area contributed by atoms with E-state index in [0.29, 0.717) is 17.9 Å². The van der Waals surface area contributed by atoms with Crippen molar-refractivity contribution in [3.63, 3.8) is 0 Å². The number of para-hydroxylation sites is 1. The fraction of sp³-hybridized carbons (Fsp3) is 0.364. The maximum absolute atomic E-state index is 12.6. The highest BCUT2D eigenvalue weighted by atomic mass is 32.2. The first-order chi connectivity index (χ1) is 13.1. The van der Waals surface area contributed by atoms with E-state index in [2.05, 4.69) is 18.3 Å². The monoisotopic (exact) mass is 382 g/mol. The minimum Gasteiger partial charge on any atom is -0.494 e. The molecule has 1 amide bonds. The number of unbranched alkanes of at least 4 members (excludes halogenated alkanes) is 2. The van der Waals surface area contributed by atoms with E-state index in [9.17, 15) is 4.79 Å². The summed E-state index contributed by atoms with van der Waals surface area (Å²) in [6.45, 7) is 4.75. The molecule has 142 valence electrons. The molecule has 0 heterocycles. The summed E-state index contributed by atoms with van der Waals surface area (Å²) in [5, 5.41) is 11.9. The Bertz CT molecular complexity index is 769. The first-order valence-electron chi connectivity index (χ1n) is 9.29. The normalized spacial score (nSPS) is 11.4. The van der Waals surface area contributed by atoms with E-state index in [1.54, 1.807) is 23.9 Å². The summed E-state index contributed by atoms with van der Waals surface area (Å²) in [6, 6.07) is 17.1. The lowest BCUT2D eigenvalue weighted by molar-refractivity contribution is 0.102. The first kappa shape index (κ1) is 20.9. The van der Waals surface area contributed by atoms with E-state index in [4.69, 9.17) is 10.00 Å². The maximum atomic E-state index is 12.6. The predicted molar refractivity (Wildman–Crippen MR) is 111 cm³/mol. The molecule has 0 saturated heterocycles. The highest BCUT2D eigenvalue weighted by Crippen LogP contribution is 2.29. The number of rotatable bonds is 10. The van der Waals surface area contributed by atoms with E-state index in [1.165, 1.54) is 0 Å². The number of anilines is 1.